The van der Waals surface area contributed by atoms with E-state index in [1.54, 1.807) is 13.8 Å². The highest BCUT2D eigenvalue weighted by molar-refractivity contribution is 6.31. The van der Waals surface area contributed by atoms with Crippen molar-refractivity contribution in [1.29, 1.82) is 0 Å². The van der Waals surface area contributed by atoms with Gasteiger partial charge >= 0.3 is 0 Å². The Hall–Kier alpha value is -3.26. The second-order valence-corrected chi connectivity index (χ2v) is 7.26. The number of benzene rings is 2. The first-order valence-corrected chi connectivity index (χ1v) is 9.28. The lowest BCUT2D eigenvalue weighted by Crippen LogP contribution is -2.36. The van der Waals surface area contributed by atoms with Gasteiger partial charge in [0.15, 0.2) is 0 Å². The van der Waals surface area contributed by atoms with E-state index < -0.39 is 10.8 Å². The topological polar surface area (TPSA) is 102 Å². The number of carbonyl (C=O) groups is 1. The van der Waals surface area contributed by atoms with Crippen LogP contribution in [0.25, 0.3) is 11.4 Å². The summed E-state index contributed by atoms with van der Waals surface area (Å²) in [6, 6.07) is 11.3. The number of rotatable bonds is 6. The summed E-state index contributed by atoms with van der Waals surface area (Å²) in [4.78, 5) is 29.5. The maximum Gasteiger partial charge on any atom is 0.283 e. The first kappa shape index (κ1) is 20.5. The SMILES string of the molecule is Cc1ccc(-c2noc(CN(C(=O)c3ccc(Cl)cc3[N+](=O)[O-])C(C)C)n2)cc1. The zero-order valence-corrected chi connectivity index (χ0v) is 16.9. The van der Waals surface area contributed by atoms with Crippen LogP contribution in [0, 0.1) is 17.0 Å². The van der Waals surface area contributed by atoms with Gasteiger partial charge in [-0.25, -0.2) is 0 Å². The standard InChI is InChI=1S/C20H19ClN4O4/c1-12(2)24(20(26)16-9-8-15(21)10-17(16)25(27)28)11-18-22-19(23-29-18)14-6-4-13(3)5-7-14/h4-10,12H,11H2,1-3H3. The molecule has 0 aliphatic rings. The van der Waals surface area contributed by atoms with E-state index >= 15 is 0 Å². The normalized spacial score (nSPS) is 10.9. The van der Waals surface area contributed by atoms with Gasteiger partial charge in [0.2, 0.25) is 11.7 Å². The second kappa shape index (κ2) is 8.40. The van der Waals surface area contributed by atoms with Crippen LogP contribution in [0.15, 0.2) is 47.0 Å². The molecule has 0 atom stereocenters. The molecule has 3 rings (SSSR count). The Morgan fingerprint density at radius 2 is 1.93 bits per heavy atom. The summed E-state index contributed by atoms with van der Waals surface area (Å²) < 4.78 is 5.30. The molecular weight excluding hydrogens is 396 g/mol. The minimum absolute atomic E-state index is 0.0230. The molecule has 0 fully saturated rings. The molecule has 3 aromatic rings. The molecule has 2 aromatic carbocycles. The summed E-state index contributed by atoms with van der Waals surface area (Å²) in [7, 11) is 0. The first-order valence-electron chi connectivity index (χ1n) is 8.91. The van der Waals surface area contributed by atoms with Gasteiger partial charge in [0.25, 0.3) is 11.6 Å². The van der Waals surface area contributed by atoms with Crippen molar-refractivity contribution in [3.05, 3.63) is 74.6 Å². The lowest BCUT2D eigenvalue weighted by molar-refractivity contribution is -0.385. The Bertz CT molecular complexity index is 1050. The zero-order valence-electron chi connectivity index (χ0n) is 16.1. The smallest absolute Gasteiger partial charge is 0.283 e. The highest BCUT2D eigenvalue weighted by atomic mass is 35.5. The van der Waals surface area contributed by atoms with Crippen molar-refractivity contribution >= 4 is 23.2 Å². The molecule has 8 nitrogen and oxygen atoms in total. The van der Waals surface area contributed by atoms with Crippen LogP contribution < -0.4 is 0 Å². The molecule has 0 unspecified atom stereocenters. The molecule has 0 aliphatic carbocycles. The van der Waals surface area contributed by atoms with Crippen LogP contribution in [-0.4, -0.2) is 31.9 Å². The Morgan fingerprint density at radius 1 is 1.24 bits per heavy atom. The molecule has 1 amide bonds. The highest BCUT2D eigenvalue weighted by Crippen LogP contribution is 2.26. The van der Waals surface area contributed by atoms with Crippen molar-refractivity contribution in [2.75, 3.05) is 0 Å². The lowest BCUT2D eigenvalue weighted by atomic mass is 10.1. The molecule has 29 heavy (non-hydrogen) atoms. The van der Waals surface area contributed by atoms with Crippen LogP contribution in [0.3, 0.4) is 0 Å². The van der Waals surface area contributed by atoms with Crippen molar-refractivity contribution in [3.8, 4) is 11.4 Å². The Balaban J connectivity index is 1.87. The van der Waals surface area contributed by atoms with E-state index in [9.17, 15) is 14.9 Å². The molecule has 9 heteroatoms. The van der Waals surface area contributed by atoms with Crippen molar-refractivity contribution in [3.63, 3.8) is 0 Å². The average molecular weight is 415 g/mol. The number of carbonyl (C=O) groups excluding carboxylic acids is 1. The third-order valence-electron chi connectivity index (χ3n) is 4.35. The van der Waals surface area contributed by atoms with Gasteiger partial charge in [-0.05, 0) is 32.9 Å². The number of nitrogens with zero attached hydrogens (tertiary/aromatic N) is 4. The molecule has 150 valence electrons. The van der Waals surface area contributed by atoms with Gasteiger partial charge in [-0.3, -0.25) is 14.9 Å². The van der Waals surface area contributed by atoms with Crippen LogP contribution in [0.2, 0.25) is 5.02 Å². The predicted octanol–water partition coefficient (Wildman–Crippen LogP) is 4.66. The lowest BCUT2D eigenvalue weighted by Gasteiger charge is -2.25. The number of halogens is 1. The fourth-order valence-corrected chi connectivity index (χ4v) is 2.93. The number of aryl methyl sites for hydroxylation is 1. The maximum absolute atomic E-state index is 13.0. The van der Waals surface area contributed by atoms with Crippen LogP contribution in [0.1, 0.15) is 35.7 Å². The van der Waals surface area contributed by atoms with Crippen molar-refractivity contribution in [2.45, 2.75) is 33.4 Å². The van der Waals surface area contributed by atoms with E-state index in [0.717, 1.165) is 17.2 Å². The van der Waals surface area contributed by atoms with Gasteiger partial charge < -0.3 is 9.42 Å². The van der Waals surface area contributed by atoms with Gasteiger partial charge in [0, 0.05) is 22.7 Å². The molecule has 0 aliphatic heterocycles. The summed E-state index contributed by atoms with van der Waals surface area (Å²) in [5, 5.41) is 15.5. The number of hydrogen-bond acceptors (Lipinski definition) is 6. The Morgan fingerprint density at radius 3 is 2.55 bits per heavy atom. The number of hydrogen-bond donors (Lipinski definition) is 0. The summed E-state index contributed by atoms with van der Waals surface area (Å²) in [5.74, 6) is 0.131. The summed E-state index contributed by atoms with van der Waals surface area (Å²) >= 11 is 5.85. The van der Waals surface area contributed by atoms with Gasteiger partial charge in [-0.1, -0.05) is 46.6 Å². The molecular formula is C20H19ClN4O4. The quantitative estimate of drug-likeness (QED) is 0.429. The number of amides is 1. The van der Waals surface area contributed by atoms with Gasteiger partial charge in [-0.2, -0.15) is 4.98 Å². The number of aromatic nitrogens is 2. The third kappa shape index (κ3) is 4.60. The zero-order chi connectivity index (χ0) is 21.1. The minimum Gasteiger partial charge on any atom is -0.337 e. The van der Waals surface area contributed by atoms with Crippen molar-refractivity contribution in [2.24, 2.45) is 0 Å². The van der Waals surface area contributed by atoms with E-state index in [1.807, 2.05) is 31.2 Å². The molecule has 0 saturated heterocycles. The van der Waals surface area contributed by atoms with Crippen LogP contribution >= 0.6 is 11.6 Å². The fourth-order valence-electron chi connectivity index (χ4n) is 2.76. The highest BCUT2D eigenvalue weighted by Gasteiger charge is 2.28. The van der Waals surface area contributed by atoms with E-state index in [1.165, 1.54) is 17.0 Å². The molecule has 0 bridgehead atoms. The van der Waals surface area contributed by atoms with Gasteiger partial charge in [0.1, 0.15) is 12.1 Å². The van der Waals surface area contributed by atoms with Crippen LogP contribution in [-0.2, 0) is 6.54 Å². The van der Waals surface area contributed by atoms with Crippen LogP contribution in [0.5, 0.6) is 0 Å². The van der Waals surface area contributed by atoms with E-state index in [4.69, 9.17) is 16.1 Å². The van der Waals surface area contributed by atoms with Gasteiger partial charge in [-0.15, -0.1) is 0 Å². The largest absolute Gasteiger partial charge is 0.337 e. The molecule has 0 saturated carbocycles. The first-order chi connectivity index (χ1) is 13.8. The minimum atomic E-state index is -0.625. The van der Waals surface area contributed by atoms with Crippen LogP contribution in [0.4, 0.5) is 5.69 Å². The summed E-state index contributed by atoms with van der Waals surface area (Å²) in [5.41, 5.74) is 1.50. The molecule has 0 spiro atoms. The fraction of sp³-hybridized carbons (Fsp3) is 0.250. The molecule has 0 N–H and O–H groups in total. The molecule has 0 radical (unpaired) electrons. The van der Waals surface area contributed by atoms with Crippen molar-refractivity contribution < 1.29 is 14.2 Å². The Kier molecular flexibility index (Phi) is 5.93. The predicted molar refractivity (Wildman–Crippen MR) is 108 cm³/mol. The molecule has 1 heterocycles. The average Bonchev–Trinajstić information content (AvgIpc) is 3.14. The Labute approximate surface area is 172 Å². The van der Waals surface area contributed by atoms with E-state index in [-0.39, 0.29) is 34.8 Å². The van der Waals surface area contributed by atoms with E-state index in [0.29, 0.717) is 5.82 Å². The third-order valence-corrected chi connectivity index (χ3v) is 4.59. The number of nitro groups is 1. The van der Waals surface area contributed by atoms with E-state index in [2.05, 4.69) is 10.1 Å². The molecule has 1 aromatic heterocycles. The number of nitro benzene ring substituents is 1. The van der Waals surface area contributed by atoms with Gasteiger partial charge in [0.05, 0.1) is 4.92 Å². The maximum atomic E-state index is 13.0. The summed E-state index contributed by atoms with van der Waals surface area (Å²) in [6.45, 7) is 5.61. The van der Waals surface area contributed by atoms with Crippen molar-refractivity contribution in [1.82, 2.24) is 15.0 Å². The monoisotopic (exact) mass is 414 g/mol. The second-order valence-electron chi connectivity index (χ2n) is 6.82. The summed E-state index contributed by atoms with van der Waals surface area (Å²) in [6.07, 6.45) is 0.